The number of nitrogens with one attached hydrogen (secondary N) is 3. The van der Waals surface area contributed by atoms with Crippen LogP contribution < -0.4 is 10.0 Å². The van der Waals surface area contributed by atoms with Crippen LogP contribution in [-0.2, 0) is 11.0 Å². The van der Waals surface area contributed by atoms with Gasteiger partial charge in [0.2, 0.25) is 0 Å². The highest BCUT2D eigenvalue weighted by atomic mass is 32.2. The van der Waals surface area contributed by atoms with Crippen LogP contribution in [0.15, 0.2) is 63.5 Å². The van der Waals surface area contributed by atoms with Gasteiger partial charge in [0.15, 0.2) is 0 Å². The summed E-state index contributed by atoms with van der Waals surface area (Å²) in [6.45, 7) is 10.2. The molecule has 7 nitrogen and oxygen atoms in total. The molecule has 4 N–H and O–H groups in total. The van der Waals surface area contributed by atoms with Crippen LogP contribution >= 0.6 is 11.3 Å². The van der Waals surface area contributed by atoms with Crippen LogP contribution in [0.2, 0.25) is 0 Å². The first-order valence-electron chi connectivity index (χ1n) is 10.6. The molecule has 0 aromatic carbocycles. The van der Waals surface area contributed by atoms with E-state index in [-0.39, 0.29) is 18.2 Å². The summed E-state index contributed by atoms with van der Waals surface area (Å²) >= 11 is 1.44. The SMILES string of the molecule is C=C1C(c2ccc(S(=O)NC(C)(C)C)s2)=NC=C(C=CCO)C1Nc1cc(C2CC2)[nH]n1. The average Bonchev–Trinajstić information content (AvgIpc) is 3.27. The number of anilines is 1. The second-order valence-corrected chi connectivity index (χ2v) is 11.5. The molecule has 3 heterocycles. The highest BCUT2D eigenvalue weighted by Crippen LogP contribution is 2.40. The van der Waals surface area contributed by atoms with Gasteiger partial charge in [-0.25, -0.2) is 8.93 Å². The second-order valence-electron chi connectivity index (χ2n) is 9.02. The first kappa shape index (κ1) is 22.8. The Balaban J connectivity index is 1.58. The van der Waals surface area contributed by atoms with E-state index in [1.807, 2.05) is 45.0 Å². The predicted octanol–water partition coefficient (Wildman–Crippen LogP) is 4.03. The van der Waals surface area contributed by atoms with Crippen molar-refractivity contribution in [3.8, 4) is 0 Å². The standard InChI is InChI=1S/C23H29N5O2S2/c1-14-21(25-19-12-17(26-27-19)15-7-8-15)16(6-5-11-29)13-24-22(14)18-9-10-20(31-18)32(30)28-23(2,3)4/h5-6,9-10,12-13,15,21,28-29H,1,7-8,11H2,2-4H3,(H2,25,26,27). The molecular formula is C23H29N5O2S2. The lowest BCUT2D eigenvalue weighted by atomic mass is 9.93. The zero-order valence-electron chi connectivity index (χ0n) is 18.5. The van der Waals surface area contributed by atoms with Crippen molar-refractivity contribution in [3.05, 3.63) is 64.8 Å². The summed E-state index contributed by atoms with van der Waals surface area (Å²) in [5.41, 5.74) is 3.33. The lowest BCUT2D eigenvalue weighted by Gasteiger charge is -2.25. The molecule has 1 fully saturated rings. The van der Waals surface area contributed by atoms with Crippen LogP contribution in [0.4, 0.5) is 5.82 Å². The molecule has 0 radical (unpaired) electrons. The minimum Gasteiger partial charge on any atom is -0.392 e. The van der Waals surface area contributed by atoms with Crippen LogP contribution in [0, 0.1) is 0 Å². The van der Waals surface area contributed by atoms with E-state index in [2.05, 4.69) is 31.8 Å². The molecule has 1 aliphatic carbocycles. The zero-order valence-corrected chi connectivity index (χ0v) is 20.1. The van der Waals surface area contributed by atoms with E-state index in [1.165, 1.54) is 24.2 Å². The van der Waals surface area contributed by atoms with Crippen LogP contribution in [0.3, 0.4) is 0 Å². The maximum Gasteiger partial charge on any atom is 0.148 e. The lowest BCUT2D eigenvalue weighted by molar-refractivity contribution is 0.342. The number of aliphatic imine (C=N–C) groups is 1. The number of thiophene rings is 1. The van der Waals surface area contributed by atoms with Gasteiger partial charge in [-0.1, -0.05) is 18.7 Å². The van der Waals surface area contributed by atoms with Gasteiger partial charge in [-0.3, -0.25) is 10.1 Å². The fourth-order valence-corrected chi connectivity index (χ4v) is 5.71. The van der Waals surface area contributed by atoms with E-state index in [4.69, 9.17) is 0 Å². The smallest absolute Gasteiger partial charge is 0.148 e. The van der Waals surface area contributed by atoms with Crippen molar-refractivity contribution in [2.45, 2.75) is 55.3 Å². The highest BCUT2D eigenvalue weighted by Gasteiger charge is 2.29. The maximum atomic E-state index is 12.7. The van der Waals surface area contributed by atoms with Crippen molar-refractivity contribution < 1.29 is 9.32 Å². The number of aromatic amines is 1. The molecule has 4 rings (SSSR count). The summed E-state index contributed by atoms with van der Waals surface area (Å²) in [5, 5.41) is 20.2. The molecule has 1 saturated carbocycles. The monoisotopic (exact) mass is 471 g/mol. The minimum atomic E-state index is -1.30. The number of nitrogens with zero attached hydrogens (tertiary/aromatic N) is 2. The van der Waals surface area contributed by atoms with Crippen LogP contribution in [-0.4, -0.2) is 43.4 Å². The molecule has 9 heteroatoms. The van der Waals surface area contributed by atoms with Crippen molar-refractivity contribution in [1.29, 1.82) is 0 Å². The Morgan fingerprint density at radius 1 is 1.38 bits per heavy atom. The van der Waals surface area contributed by atoms with Crippen LogP contribution in [0.5, 0.6) is 0 Å². The summed E-state index contributed by atoms with van der Waals surface area (Å²) in [7, 11) is -1.30. The van der Waals surface area contributed by atoms with Gasteiger partial charge in [0.05, 0.1) is 23.2 Å². The molecule has 2 unspecified atom stereocenters. The molecule has 32 heavy (non-hydrogen) atoms. The molecule has 0 amide bonds. The van der Waals surface area contributed by atoms with Gasteiger partial charge < -0.3 is 10.4 Å². The van der Waals surface area contributed by atoms with Gasteiger partial charge in [0.1, 0.15) is 21.0 Å². The van der Waals surface area contributed by atoms with Crippen molar-refractivity contribution in [2.75, 3.05) is 11.9 Å². The molecule has 2 aliphatic rings. The van der Waals surface area contributed by atoms with Gasteiger partial charge >= 0.3 is 0 Å². The van der Waals surface area contributed by atoms with Gasteiger partial charge in [-0.05, 0) is 56.9 Å². The summed E-state index contributed by atoms with van der Waals surface area (Å²) in [6, 6.07) is 5.61. The molecule has 170 valence electrons. The molecule has 2 aromatic heterocycles. The summed E-state index contributed by atoms with van der Waals surface area (Å²) in [5.74, 6) is 1.34. The number of aromatic nitrogens is 2. The van der Waals surface area contributed by atoms with Gasteiger partial charge in [-0.15, -0.1) is 11.3 Å². The Morgan fingerprint density at radius 2 is 2.16 bits per heavy atom. The van der Waals surface area contributed by atoms with Gasteiger partial charge in [-0.2, -0.15) is 5.10 Å². The van der Waals surface area contributed by atoms with Crippen molar-refractivity contribution in [2.24, 2.45) is 4.99 Å². The third-order valence-corrected chi connectivity index (χ3v) is 7.94. The number of H-pyrrole nitrogens is 1. The quantitative estimate of drug-likeness (QED) is 0.467. The third-order valence-electron chi connectivity index (χ3n) is 5.05. The van der Waals surface area contributed by atoms with Gasteiger partial charge in [0, 0.05) is 29.4 Å². The van der Waals surface area contributed by atoms with Crippen molar-refractivity contribution in [3.63, 3.8) is 0 Å². The van der Waals surface area contributed by atoms with E-state index >= 15 is 0 Å². The van der Waals surface area contributed by atoms with Crippen molar-refractivity contribution >= 4 is 33.9 Å². The number of aliphatic hydroxyl groups is 1. The normalized spacial score (nSPS) is 20.4. The maximum absolute atomic E-state index is 12.7. The fourth-order valence-electron chi connectivity index (χ4n) is 3.39. The zero-order chi connectivity index (χ0) is 22.9. The molecule has 1 aliphatic heterocycles. The number of rotatable bonds is 8. The topological polar surface area (TPSA) is 102 Å². The summed E-state index contributed by atoms with van der Waals surface area (Å²) < 4.78 is 16.5. The van der Waals surface area contributed by atoms with Gasteiger partial charge in [0.25, 0.3) is 0 Å². The first-order valence-corrected chi connectivity index (χ1v) is 12.6. The van der Waals surface area contributed by atoms with E-state index < -0.39 is 11.0 Å². The Kier molecular flexibility index (Phi) is 6.62. The molecule has 0 spiro atoms. The molecule has 2 aromatic rings. The Morgan fingerprint density at radius 3 is 2.84 bits per heavy atom. The van der Waals surface area contributed by atoms with E-state index in [0.29, 0.717) is 5.92 Å². The molecule has 2 atom stereocenters. The Labute approximate surface area is 195 Å². The molecule has 0 bridgehead atoms. The second kappa shape index (κ2) is 9.27. The Hall–Kier alpha value is -2.33. The average molecular weight is 472 g/mol. The van der Waals surface area contributed by atoms with Crippen LogP contribution in [0.1, 0.15) is 50.1 Å². The number of hydrogen-bond acceptors (Lipinski definition) is 6. The molecule has 0 saturated heterocycles. The highest BCUT2D eigenvalue weighted by molar-refractivity contribution is 7.85. The third kappa shape index (κ3) is 5.35. The molecular weight excluding hydrogens is 442 g/mol. The van der Waals surface area contributed by atoms with E-state index in [9.17, 15) is 9.32 Å². The minimum absolute atomic E-state index is 0.0534. The van der Waals surface area contributed by atoms with E-state index in [0.717, 1.165) is 37.5 Å². The Bertz CT molecular complexity index is 1120. The summed E-state index contributed by atoms with van der Waals surface area (Å²) in [6.07, 6.45) is 7.71. The number of hydrogen-bond donors (Lipinski definition) is 4. The first-order chi connectivity index (χ1) is 15.2. The van der Waals surface area contributed by atoms with Crippen LogP contribution in [0.25, 0.3) is 0 Å². The number of aliphatic hydroxyl groups excluding tert-OH is 1. The summed E-state index contributed by atoms with van der Waals surface area (Å²) in [4.78, 5) is 5.55. The lowest BCUT2D eigenvalue weighted by Crippen LogP contribution is -2.36. The van der Waals surface area contributed by atoms with Crippen molar-refractivity contribution in [1.82, 2.24) is 14.9 Å². The fraction of sp³-hybridized carbons (Fsp3) is 0.391. The predicted molar refractivity (Wildman–Crippen MR) is 132 cm³/mol. The van der Waals surface area contributed by atoms with E-state index in [1.54, 1.807) is 12.3 Å². The largest absolute Gasteiger partial charge is 0.392 e.